The van der Waals surface area contributed by atoms with Crippen LogP contribution in [0.4, 0.5) is 0 Å². The van der Waals surface area contributed by atoms with Gasteiger partial charge in [0, 0.05) is 13.0 Å². The summed E-state index contributed by atoms with van der Waals surface area (Å²) in [4.78, 5) is 11.8. The molecule has 1 saturated heterocycles. The molecule has 6 nitrogen and oxygen atoms in total. The largest absolute Gasteiger partial charge is 0.462 e. The van der Waals surface area contributed by atoms with E-state index in [1.165, 1.54) is 7.11 Å². The van der Waals surface area contributed by atoms with Gasteiger partial charge in [-0.2, -0.15) is 0 Å². The van der Waals surface area contributed by atoms with Crippen LogP contribution in [0.3, 0.4) is 0 Å². The number of methoxy groups -OCH3 is 1. The molecule has 2 fully saturated rings. The highest BCUT2D eigenvalue weighted by atomic mass is 16.7. The van der Waals surface area contributed by atoms with Crippen molar-refractivity contribution in [2.24, 2.45) is 5.92 Å². The van der Waals surface area contributed by atoms with Gasteiger partial charge in [0.05, 0.1) is 12.2 Å². The molecule has 21 heavy (non-hydrogen) atoms. The number of rotatable bonds is 4. The standard InChI is InChI=1S/C15H18O6/c1-19-14-11(16)12(17)15(21-14)7-10(15)8-20-13(18)9-5-3-2-4-6-9/h2-6,10-12,14,16-17H,7-8H2,1H3/t10-,11-,12?,14+,15+/m0/s1. The van der Waals surface area contributed by atoms with Crippen LogP contribution in [0.1, 0.15) is 16.8 Å². The number of benzene rings is 1. The Morgan fingerprint density at radius 2 is 2.10 bits per heavy atom. The number of hydrogen-bond acceptors (Lipinski definition) is 6. The topological polar surface area (TPSA) is 85.2 Å². The predicted molar refractivity (Wildman–Crippen MR) is 71.5 cm³/mol. The summed E-state index contributed by atoms with van der Waals surface area (Å²) in [5.74, 6) is -0.538. The van der Waals surface area contributed by atoms with E-state index in [0.717, 1.165) is 0 Å². The van der Waals surface area contributed by atoms with Crippen molar-refractivity contribution < 1.29 is 29.2 Å². The van der Waals surface area contributed by atoms with E-state index >= 15 is 0 Å². The monoisotopic (exact) mass is 294 g/mol. The minimum atomic E-state index is -1.08. The van der Waals surface area contributed by atoms with Gasteiger partial charge in [0.1, 0.15) is 17.8 Å². The van der Waals surface area contributed by atoms with Gasteiger partial charge in [-0.3, -0.25) is 0 Å². The smallest absolute Gasteiger partial charge is 0.338 e. The SMILES string of the molecule is CO[C@@H]1O[C@@]2(C[C@H]2COC(=O)c2ccccc2)C(O)[C@@H]1O. The molecule has 1 saturated carbocycles. The summed E-state index contributed by atoms with van der Waals surface area (Å²) in [6, 6.07) is 8.70. The average Bonchev–Trinajstić information content (AvgIpc) is 3.17. The summed E-state index contributed by atoms with van der Waals surface area (Å²) in [7, 11) is 1.41. The fraction of sp³-hybridized carbons (Fsp3) is 0.533. The fourth-order valence-corrected chi connectivity index (χ4v) is 2.85. The van der Waals surface area contributed by atoms with Crippen molar-refractivity contribution in [3.63, 3.8) is 0 Å². The highest BCUT2D eigenvalue weighted by Gasteiger charge is 2.69. The van der Waals surface area contributed by atoms with Crippen LogP contribution in [0.5, 0.6) is 0 Å². The van der Waals surface area contributed by atoms with E-state index in [0.29, 0.717) is 12.0 Å². The second kappa shape index (κ2) is 5.38. The Hall–Kier alpha value is -1.47. The molecule has 0 bridgehead atoms. The molecule has 0 amide bonds. The van der Waals surface area contributed by atoms with Gasteiger partial charge >= 0.3 is 5.97 Å². The molecule has 1 aromatic rings. The molecule has 5 atom stereocenters. The van der Waals surface area contributed by atoms with E-state index in [2.05, 4.69) is 0 Å². The Kier molecular flexibility index (Phi) is 3.71. The molecule has 1 spiro atoms. The Labute approximate surface area is 122 Å². The van der Waals surface area contributed by atoms with Crippen molar-refractivity contribution in [3.8, 4) is 0 Å². The van der Waals surface area contributed by atoms with Gasteiger partial charge in [0.15, 0.2) is 6.29 Å². The maximum atomic E-state index is 11.8. The van der Waals surface area contributed by atoms with Gasteiger partial charge in [-0.25, -0.2) is 4.79 Å². The van der Waals surface area contributed by atoms with Crippen molar-refractivity contribution in [1.29, 1.82) is 0 Å². The molecular formula is C15H18O6. The van der Waals surface area contributed by atoms with Crippen LogP contribution in [0, 0.1) is 5.92 Å². The maximum Gasteiger partial charge on any atom is 0.338 e. The lowest BCUT2D eigenvalue weighted by Gasteiger charge is -2.14. The summed E-state index contributed by atoms with van der Waals surface area (Å²) in [5, 5.41) is 19.8. The summed E-state index contributed by atoms with van der Waals surface area (Å²) >= 11 is 0. The second-order valence-corrected chi connectivity index (χ2v) is 5.48. The van der Waals surface area contributed by atoms with Crippen LogP contribution < -0.4 is 0 Å². The average molecular weight is 294 g/mol. The lowest BCUT2D eigenvalue weighted by Crippen LogP contribution is -2.35. The Balaban J connectivity index is 1.56. The van der Waals surface area contributed by atoms with E-state index < -0.39 is 30.1 Å². The summed E-state index contributed by atoms with van der Waals surface area (Å²) in [5.41, 5.74) is -0.369. The van der Waals surface area contributed by atoms with Gasteiger partial charge in [0.25, 0.3) is 0 Å². The van der Waals surface area contributed by atoms with Crippen LogP contribution in [0.2, 0.25) is 0 Å². The highest BCUT2D eigenvalue weighted by Crippen LogP contribution is 2.55. The zero-order valence-corrected chi connectivity index (χ0v) is 11.6. The summed E-state index contributed by atoms with van der Waals surface area (Å²) < 4.78 is 15.8. The maximum absolute atomic E-state index is 11.8. The molecule has 0 radical (unpaired) electrons. The molecule has 1 aliphatic heterocycles. The lowest BCUT2D eigenvalue weighted by molar-refractivity contribution is -0.157. The van der Waals surface area contributed by atoms with Crippen LogP contribution in [-0.2, 0) is 14.2 Å². The molecule has 1 unspecified atom stereocenters. The van der Waals surface area contributed by atoms with Gasteiger partial charge in [-0.15, -0.1) is 0 Å². The zero-order valence-electron chi connectivity index (χ0n) is 11.6. The molecule has 114 valence electrons. The van der Waals surface area contributed by atoms with Crippen LogP contribution in [-0.4, -0.2) is 54.0 Å². The molecule has 2 aliphatic rings. The van der Waals surface area contributed by atoms with Crippen molar-refractivity contribution in [3.05, 3.63) is 35.9 Å². The first kappa shape index (κ1) is 14.5. The normalized spacial score (nSPS) is 37.7. The molecular weight excluding hydrogens is 276 g/mol. The number of hydrogen-bond donors (Lipinski definition) is 2. The highest BCUT2D eigenvalue weighted by molar-refractivity contribution is 5.89. The third-order valence-corrected chi connectivity index (χ3v) is 4.19. The Morgan fingerprint density at radius 3 is 2.71 bits per heavy atom. The number of carbonyl (C=O) groups is 1. The van der Waals surface area contributed by atoms with Crippen molar-refractivity contribution in [2.45, 2.75) is 30.5 Å². The lowest BCUT2D eigenvalue weighted by atomic mass is 10.1. The Morgan fingerprint density at radius 1 is 1.38 bits per heavy atom. The van der Waals surface area contributed by atoms with Crippen molar-refractivity contribution in [2.75, 3.05) is 13.7 Å². The molecule has 1 aromatic carbocycles. The molecule has 0 aromatic heterocycles. The van der Waals surface area contributed by atoms with E-state index in [1.54, 1.807) is 24.3 Å². The first-order chi connectivity index (χ1) is 10.1. The summed E-state index contributed by atoms with van der Waals surface area (Å²) in [6.45, 7) is 0.147. The van der Waals surface area contributed by atoms with Crippen LogP contribution in [0.15, 0.2) is 30.3 Å². The van der Waals surface area contributed by atoms with Gasteiger partial charge < -0.3 is 24.4 Å². The molecule has 3 rings (SSSR count). The number of ether oxygens (including phenoxy) is 3. The number of esters is 1. The second-order valence-electron chi connectivity index (χ2n) is 5.48. The minimum absolute atomic E-state index is 0.130. The molecule has 2 N–H and O–H groups in total. The van der Waals surface area contributed by atoms with E-state index in [1.807, 2.05) is 6.07 Å². The number of aliphatic hydroxyl groups excluding tert-OH is 2. The van der Waals surface area contributed by atoms with Crippen molar-refractivity contribution >= 4 is 5.97 Å². The van der Waals surface area contributed by atoms with Gasteiger partial charge in [-0.05, 0) is 18.6 Å². The van der Waals surface area contributed by atoms with E-state index in [9.17, 15) is 15.0 Å². The first-order valence-corrected chi connectivity index (χ1v) is 6.87. The Bertz CT molecular complexity index is 518. The predicted octanol–water partition coefficient (Wildman–Crippen LogP) is 0.327. The third kappa shape index (κ3) is 2.44. The van der Waals surface area contributed by atoms with Crippen LogP contribution in [0.25, 0.3) is 0 Å². The van der Waals surface area contributed by atoms with Gasteiger partial charge in [-0.1, -0.05) is 18.2 Å². The number of aliphatic hydroxyl groups is 2. The minimum Gasteiger partial charge on any atom is -0.462 e. The van der Waals surface area contributed by atoms with Crippen molar-refractivity contribution in [1.82, 2.24) is 0 Å². The number of carbonyl (C=O) groups excluding carboxylic acids is 1. The quantitative estimate of drug-likeness (QED) is 0.778. The fourth-order valence-electron chi connectivity index (χ4n) is 2.85. The van der Waals surface area contributed by atoms with E-state index in [4.69, 9.17) is 14.2 Å². The first-order valence-electron chi connectivity index (χ1n) is 6.87. The molecule has 1 aliphatic carbocycles. The molecule has 6 heteroatoms. The molecule has 1 heterocycles. The van der Waals surface area contributed by atoms with Crippen LogP contribution >= 0.6 is 0 Å². The third-order valence-electron chi connectivity index (χ3n) is 4.19. The summed E-state index contributed by atoms with van der Waals surface area (Å²) in [6.07, 6.45) is -2.41. The zero-order chi connectivity index (χ0) is 15.0. The van der Waals surface area contributed by atoms with Gasteiger partial charge in [0.2, 0.25) is 0 Å². The van der Waals surface area contributed by atoms with E-state index in [-0.39, 0.29) is 12.5 Å².